The molecule has 1 aromatic carbocycles. The van der Waals surface area contributed by atoms with Crippen LogP contribution in [-0.2, 0) is 13.2 Å². The zero-order chi connectivity index (χ0) is 15.4. The maximum atomic E-state index is 13.8. The molecule has 2 aromatic rings. The zero-order valence-electron chi connectivity index (χ0n) is 12.4. The lowest BCUT2D eigenvalue weighted by Gasteiger charge is -2.07. The molecule has 0 bridgehead atoms. The highest BCUT2D eigenvalue weighted by atomic mass is 35.5. The average molecular weight is 328 g/mol. The molecule has 0 amide bonds. The number of ether oxygens (including phenoxy) is 1. The van der Waals surface area contributed by atoms with Gasteiger partial charge >= 0.3 is 0 Å². The van der Waals surface area contributed by atoms with Crippen LogP contribution in [0.25, 0.3) is 0 Å². The summed E-state index contributed by atoms with van der Waals surface area (Å²) in [5.41, 5.74) is 1.08. The Morgan fingerprint density at radius 2 is 2.14 bits per heavy atom. The van der Waals surface area contributed by atoms with E-state index in [0.29, 0.717) is 12.6 Å². The van der Waals surface area contributed by atoms with Crippen molar-refractivity contribution in [2.24, 2.45) is 0 Å². The Morgan fingerprint density at radius 1 is 1.38 bits per heavy atom. The summed E-state index contributed by atoms with van der Waals surface area (Å²) in [6.07, 6.45) is 0. The Hall–Kier alpha value is -1.10. The number of nitrogens with one attached hydrogen (secondary N) is 1. The minimum absolute atomic E-state index is 0.0800. The second-order valence-electron chi connectivity index (χ2n) is 5.17. The highest BCUT2D eigenvalue weighted by molar-refractivity contribution is 7.12. The van der Waals surface area contributed by atoms with Gasteiger partial charge in [0.1, 0.15) is 6.61 Å². The first-order valence-electron chi connectivity index (χ1n) is 6.85. The minimum Gasteiger partial charge on any atom is -0.486 e. The Balaban J connectivity index is 2.01. The molecule has 5 heteroatoms. The second-order valence-corrected chi connectivity index (χ2v) is 6.92. The van der Waals surface area contributed by atoms with Crippen molar-refractivity contribution in [1.82, 2.24) is 5.32 Å². The van der Waals surface area contributed by atoms with Crippen LogP contribution >= 0.6 is 22.9 Å². The number of aryl methyl sites for hydroxylation is 1. The molecule has 0 aliphatic carbocycles. The van der Waals surface area contributed by atoms with Crippen molar-refractivity contribution >= 4 is 22.9 Å². The first kappa shape index (κ1) is 16.3. The lowest BCUT2D eigenvalue weighted by Crippen LogP contribution is -2.21. The first-order chi connectivity index (χ1) is 9.97. The maximum absolute atomic E-state index is 13.8. The number of thiophene rings is 1. The summed E-state index contributed by atoms with van der Waals surface area (Å²) in [7, 11) is 0. The fourth-order valence-corrected chi connectivity index (χ4v) is 3.04. The molecule has 0 aliphatic heterocycles. The molecule has 0 saturated carbocycles. The van der Waals surface area contributed by atoms with E-state index >= 15 is 0 Å². The van der Waals surface area contributed by atoms with Gasteiger partial charge in [-0.3, -0.25) is 0 Å². The van der Waals surface area contributed by atoms with Crippen LogP contribution in [0.5, 0.6) is 5.75 Å². The molecule has 0 fully saturated rings. The van der Waals surface area contributed by atoms with Gasteiger partial charge in [-0.1, -0.05) is 31.5 Å². The molecular formula is C16H19ClFNOS. The summed E-state index contributed by atoms with van der Waals surface area (Å²) >= 11 is 7.48. The average Bonchev–Trinajstić information content (AvgIpc) is 2.79. The van der Waals surface area contributed by atoms with Crippen LogP contribution in [0.15, 0.2) is 24.3 Å². The molecular weight excluding hydrogens is 309 g/mol. The van der Waals surface area contributed by atoms with Gasteiger partial charge in [0.05, 0.1) is 5.02 Å². The number of hydrogen-bond donors (Lipinski definition) is 1. The predicted octanol–water partition coefficient (Wildman–Crippen LogP) is 4.93. The van der Waals surface area contributed by atoms with Crippen LogP contribution in [0.1, 0.15) is 29.2 Å². The van der Waals surface area contributed by atoms with E-state index in [9.17, 15) is 4.39 Å². The van der Waals surface area contributed by atoms with Crippen molar-refractivity contribution in [2.75, 3.05) is 0 Å². The van der Waals surface area contributed by atoms with Crippen molar-refractivity contribution in [3.05, 3.63) is 50.4 Å². The number of halogens is 2. The van der Waals surface area contributed by atoms with E-state index in [1.54, 1.807) is 23.5 Å². The predicted molar refractivity (Wildman–Crippen MR) is 86.8 cm³/mol. The number of benzene rings is 1. The minimum atomic E-state index is -0.506. The first-order valence-corrected chi connectivity index (χ1v) is 8.05. The summed E-state index contributed by atoms with van der Waals surface area (Å²) in [4.78, 5) is 2.45. The fourth-order valence-electron chi connectivity index (χ4n) is 1.87. The zero-order valence-corrected chi connectivity index (χ0v) is 13.9. The Morgan fingerprint density at radius 3 is 2.86 bits per heavy atom. The summed E-state index contributed by atoms with van der Waals surface area (Å²) < 4.78 is 19.3. The molecule has 0 aliphatic rings. The molecule has 21 heavy (non-hydrogen) atoms. The maximum Gasteiger partial charge on any atom is 0.183 e. The van der Waals surface area contributed by atoms with E-state index in [2.05, 4.69) is 32.2 Å². The second kappa shape index (κ2) is 7.25. The molecule has 0 unspecified atom stereocenters. The number of hydrogen-bond acceptors (Lipinski definition) is 3. The molecule has 0 atom stereocenters. The quantitative estimate of drug-likeness (QED) is 0.812. The van der Waals surface area contributed by atoms with Crippen molar-refractivity contribution in [3.63, 3.8) is 0 Å². The van der Waals surface area contributed by atoms with Gasteiger partial charge in [0.2, 0.25) is 0 Å². The van der Waals surface area contributed by atoms with Crippen molar-refractivity contribution < 1.29 is 9.13 Å². The molecule has 1 N–H and O–H groups in total. The van der Waals surface area contributed by atoms with Gasteiger partial charge in [0.25, 0.3) is 0 Å². The van der Waals surface area contributed by atoms with Crippen LogP contribution in [0.4, 0.5) is 4.39 Å². The van der Waals surface area contributed by atoms with Gasteiger partial charge in [-0.05, 0) is 25.1 Å². The third-order valence-electron chi connectivity index (χ3n) is 3.06. The van der Waals surface area contributed by atoms with Crippen LogP contribution in [-0.4, -0.2) is 6.04 Å². The van der Waals surface area contributed by atoms with E-state index in [0.717, 1.165) is 12.1 Å². The third kappa shape index (κ3) is 4.43. The van der Waals surface area contributed by atoms with Crippen LogP contribution in [0, 0.1) is 12.7 Å². The molecule has 2 rings (SSSR count). The van der Waals surface area contributed by atoms with Gasteiger partial charge in [-0.25, -0.2) is 4.39 Å². The van der Waals surface area contributed by atoms with Gasteiger partial charge in [0.15, 0.2) is 11.6 Å². The molecule has 2 nitrogen and oxygen atoms in total. The lowest BCUT2D eigenvalue weighted by molar-refractivity contribution is 0.290. The Labute approximate surface area is 133 Å². The molecule has 114 valence electrons. The van der Waals surface area contributed by atoms with Crippen molar-refractivity contribution in [3.8, 4) is 5.75 Å². The summed E-state index contributed by atoms with van der Waals surface area (Å²) in [5, 5.41) is 3.46. The lowest BCUT2D eigenvalue weighted by atomic mass is 10.2. The molecule has 0 saturated heterocycles. The molecule has 0 radical (unpaired) electrons. The molecule has 1 heterocycles. The topological polar surface area (TPSA) is 21.3 Å². The SMILES string of the molecule is Cc1sc(CNC(C)C)cc1COc1cccc(Cl)c1F. The van der Waals surface area contributed by atoms with E-state index < -0.39 is 5.82 Å². The summed E-state index contributed by atoms with van der Waals surface area (Å²) in [6.45, 7) is 7.48. The van der Waals surface area contributed by atoms with Crippen LogP contribution in [0.3, 0.4) is 0 Å². The largest absolute Gasteiger partial charge is 0.486 e. The van der Waals surface area contributed by atoms with Gasteiger partial charge in [0, 0.05) is 27.9 Å². The van der Waals surface area contributed by atoms with E-state index in [1.165, 1.54) is 15.8 Å². The summed E-state index contributed by atoms with van der Waals surface area (Å²) in [5.74, 6) is -0.316. The van der Waals surface area contributed by atoms with Gasteiger partial charge in [-0.2, -0.15) is 0 Å². The van der Waals surface area contributed by atoms with Crippen molar-refractivity contribution in [1.29, 1.82) is 0 Å². The van der Waals surface area contributed by atoms with E-state index in [1.807, 2.05) is 0 Å². The van der Waals surface area contributed by atoms with E-state index in [4.69, 9.17) is 16.3 Å². The van der Waals surface area contributed by atoms with Crippen molar-refractivity contribution in [2.45, 2.75) is 40.0 Å². The standard InChI is InChI=1S/C16H19ClFNOS/c1-10(2)19-8-13-7-12(11(3)21-13)9-20-15-6-4-5-14(17)16(15)18/h4-7,10,19H,8-9H2,1-3H3. The fraction of sp³-hybridized carbons (Fsp3) is 0.375. The number of rotatable bonds is 6. The molecule has 0 spiro atoms. The van der Waals surface area contributed by atoms with E-state index in [-0.39, 0.29) is 10.8 Å². The van der Waals surface area contributed by atoms with Crippen LogP contribution in [0.2, 0.25) is 5.02 Å². The monoisotopic (exact) mass is 327 g/mol. The highest BCUT2D eigenvalue weighted by Gasteiger charge is 2.10. The van der Waals surface area contributed by atoms with Crippen LogP contribution < -0.4 is 10.1 Å². The summed E-state index contributed by atoms with van der Waals surface area (Å²) in [6, 6.07) is 7.34. The Bertz CT molecular complexity index is 612. The normalized spacial score (nSPS) is 11.1. The highest BCUT2D eigenvalue weighted by Crippen LogP contribution is 2.27. The third-order valence-corrected chi connectivity index (χ3v) is 4.44. The van der Waals surface area contributed by atoms with Gasteiger partial charge < -0.3 is 10.1 Å². The smallest absolute Gasteiger partial charge is 0.183 e. The Kier molecular flexibility index (Phi) is 5.62. The van der Waals surface area contributed by atoms with Gasteiger partial charge in [-0.15, -0.1) is 11.3 Å². The molecule has 1 aromatic heterocycles.